The Morgan fingerprint density at radius 1 is 1.25 bits per heavy atom. The molecule has 0 aromatic carbocycles. The van der Waals surface area contributed by atoms with Gasteiger partial charge in [-0.1, -0.05) is 13.3 Å². The van der Waals surface area contributed by atoms with Crippen LogP contribution in [-0.2, 0) is 19.4 Å². The molecule has 0 aromatic heterocycles. The van der Waals surface area contributed by atoms with E-state index < -0.39 is 9.84 Å². The Morgan fingerprint density at radius 2 is 1.95 bits per heavy atom. The zero-order valence-electron chi connectivity index (χ0n) is 12.5. The van der Waals surface area contributed by atoms with Crippen LogP contribution in [-0.4, -0.2) is 57.0 Å². The third kappa shape index (κ3) is 3.34. The molecule has 0 radical (unpaired) electrons. The minimum absolute atomic E-state index is 0.0707. The summed E-state index contributed by atoms with van der Waals surface area (Å²) in [7, 11) is -1.53. The lowest BCUT2D eigenvalue weighted by Gasteiger charge is -2.34. The number of carbonyl (C=O) groups is 1. The third-order valence-electron chi connectivity index (χ3n) is 4.86. The van der Waals surface area contributed by atoms with Crippen LogP contribution >= 0.6 is 0 Å². The lowest BCUT2D eigenvalue weighted by molar-refractivity contribution is -0.146. The predicted molar refractivity (Wildman–Crippen MR) is 77.1 cm³/mol. The molecule has 0 N–H and O–H groups in total. The summed E-state index contributed by atoms with van der Waals surface area (Å²) < 4.78 is 28.3. The molecule has 2 aliphatic rings. The number of esters is 1. The second-order valence-corrected chi connectivity index (χ2v) is 8.66. The van der Waals surface area contributed by atoms with Crippen LogP contribution in [0.2, 0.25) is 0 Å². The molecule has 4 unspecified atom stereocenters. The average Bonchev–Trinajstić information content (AvgIpc) is 2.79. The Kier molecular flexibility index (Phi) is 4.74. The van der Waals surface area contributed by atoms with Gasteiger partial charge in [0.1, 0.15) is 9.84 Å². The highest BCUT2D eigenvalue weighted by Gasteiger charge is 2.40. The molecule has 0 aromatic rings. The molecule has 0 spiro atoms. The number of methoxy groups -OCH3 is 1. The summed E-state index contributed by atoms with van der Waals surface area (Å²) in [5.74, 6) is 0.0649. The molecule has 1 saturated carbocycles. The van der Waals surface area contributed by atoms with E-state index in [1.54, 1.807) is 0 Å². The Labute approximate surface area is 121 Å². The van der Waals surface area contributed by atoms with Crippen LogP contribution in [0.25, 0.3) is 0 Å². The lowest BCUT2D eigenvalue weighted by atomic mass is 9.94. The number of hydrogen-bond donors (Lipinski definition) is 0. The zero-order chi connectivity index (χ0) is 14.9. The maximum Gasteiger partial charge on any atom is 0.310 e. The van der Waals surface area contributed by atoms with Crippen molar-refractivity contribution in [1.82, 2.24) is 4.90 Å². The summed E-state index contributed by atoms with van der Waals surface area (Å²) in [5, 5.41) is -0.214. The number of sulfone groups is 1. The number of ether oxygens (including phenoxy) is 1. The number of hydrogen-bond acceptors (Lipinski definition) is 5. The van der Waals surface area contributed by atoms with Gasteiger partial charge in [0, 0.05) is 25.4 Å². The largest absolute Gasteiger partial charge is 0.469 e. The summed E-state index contributed by atoms with van der Waals surface area (Å²) >= 11 is 0. The zero-order valence-corrected chi connectivity index (χ0v) is 13.4. The van der Waals surface area contributed by atoms with Crippen LogP contribution in [0.5, 0.6) is 0 Å². The molecular weight excluding hydrogens is 278 g/mol. The second kappa shape index (κ2) is 6.02. The Hall–Kier alpha value is -0.620. The van der Waals surface area contributed by atoms with E-state index in [4.69, 9.17) is 4.74 Å². The van der Waals surface area contributed by atoms with Gasteiger partial charge in [0.05, 0.1) is 18.3 Å². The van der Waals surface area contributed by atoms with Crippen LogP contribution in [0.3, 0.4) is 0 Å². The molecule has 20 heavy (non-hydrogen) atoms. The van der Waals surface area contributed by atoms with Crippen LogP contribution in [0.1, 0.15) is 32.6 Å². The van der Waals surface area contributed by atoms with Crippen molar-refractivity contribution < 1.29 is 17.9 Å². The molecule has 2 rings (SSSR count). The molecule has 5 nitrogen and oxygen atoms in total. The van der Waals surface area contributed by atoms with E-state index in [0.717, 1.165) is 25.8 Å². The maximum atomic E-state index is 11.7. The van der Waals surface area contributed by atoms with Gasteiger partial charge in [0.25, 0.3) is 0 Å². The van der Waals surface area contributed by atoms with Crippen molar-refractivity contribution in [2.24, 2.45) is 11.8 Å². The Morgan fingerprint density at radius 3 is 2.55 bits per heavy atom. The molecule has 1 heterocycles. The Bertz CT molecular complexity index is 462. The quantitative estimate of drug-likeness (QED) is 0.730. The molecule has 1 aliphatic heterocycles. The second-order valence-electron chi connectivity index (χ2n) is 6.33. The summed E-state index contributed by atoms with van der Waals surface area (Å²) in [5.41, 5.74) is 0. The van der Waals surface area contributed by atoms with Crippen molar-refractivity contribution in [2.45, 2.75) is 43.9 Å². The number of likely N-dealkylation sites (tertiary alicyclic amines) is 1. The van der Waals surface area contributed by atoms with Crippen LogP contribution < -0.4 is 0 Å². The molecule has 2 fully saturated rings. The van der Waals surface area contributed by atoms with Gasteiger partial charge in [-0.05, 0) is 25.2 Å². The molecule has 1 aliphatic carbocycles. The first-order valence-corrected chi connectivity index (χ1v) is 9.29. The standard InChI is InChI=1S/C14H25NO4S/c1-10-8-15(9-13(10)14(16)19-2)11-5-4-6-12(7-11)20(3,17)18/h10-13H,4-9H2,1-3H3. The van der Waals surface area contributed by atoms with Crippen molar-refractivity contribution in [3.05, 3.63) is 0 Å². The van der Waals surface area contributed by atoms with E-state index in [9.17, 15) is 13.2 Å². The predicted octanol–water partition coefficient (Wildman–Crippen LogP) is 1.08. The highest BCUT2D eigenvalue weighted by molar-refractivity contribution is 7.91. The van der Waals surface area contributed by atoms with Crippen LogP contribution in [0.15, 0.2) is 0 Å². The summed E-state index contributed by atoms with van der Waals surface area (Å²) in [6.45, 7) is 3.63. The summed E-state index contributed by atoms with van der Waals surface area (Å²) in [6, 6.07) is 0.292. The monoisotopic (exact) mass is 303 g/mol. The minimum Gasteiger partial charge on any atom is -0.469 e. The molecule has 0 amide bonds. The van der Waals surface area contributed by atoms with Crippen molar-refractivity contribution in [1.29, 1.82) is 0 Å². The lowest BCUT2D eigenvalue weighted by Crippen LogP contribution is -2.41. The van der Waals surface area contributed by atoms with Gasteiger partial charge in [-0.25, -0.2) is 8.42 Å². The fourth-order valence-corrected chi connectivity index (χ4v) is 4.77. The third-order valence-corrected chi connectivity index (χ3v) is 6.50. The molecule has 0 bridgehead atoms. The average molecular weight is 303 g/mol. The van der Waals surface area contributed by atoms with Gasteiger partial charge < -0.3 is 4.74 Å². The number of rotatable bonds is 3. The van der Waals surface area contributed by atoms with E-state index >= 15 is 0 Å². The topological polar surface area (TPSA) is 63.7 Å². The van der Waals surface area contributed by atoms with Gasteiger partial charge >= 0.3 is 5.97 Å². The number of nitrogens with zero attached hydrogens (tertiary/aromatic N) is 1. The first-order chi connectivity index (χ1) is 9.32. The molecular formula is C14H25NO4S. The smallest absolute Gasteiger partial charge is 0.310 e. The summed E-state index contributed by atoms with van der Waals surface area (Å²) in [4.78, 5) is 14.0. The Balaban J connectivity index is 2.01. The van der Waals surface area contributed by atoms with E-state index in [0.29, 0.717) is 19.0 Å². The van der Waals surface area contributed by atoms with E-state index in [-0.39, 0.29) is 23.1 Å². The first kappa shape index (κ1) is 15.8. The van der Waals surface area contributed by atoms with Crippen molar-refractivity contribution in [3.8, 4) is 0 Å². The maximum absolute atomic E-state index is 11.7. The van der Waals surface area contributed by atoms with Crippen molar-refractivity contribution >= 4 is 15.8 Å². The van der Waals surface area contributed by atoms with E-state index in [1.165, 1.54) is 13.4 Å². The fraction of sp³-hybridized carbons (Fsp3) is 0.929. The normalized spacial score (nSPS) is 36.0. The van der Waals surface area contributed by atoms with Gasteiger partial charge in [0.2, 0.25) is 0 Å². The van der Waals surface area contributed by atoms with Gasteiger partial charge in [-0.2, -0.15) is 0 Å². The first-order valence-electron chi connectivity index (χ1n) is 7.33. The molecule has 116 valence electrons. The van der Waals surface area contributed by atoms with Crippen LogP contribution in [0.4, 0.5) is 0 Å². The van der Waals surface area contributed by atoms with Gasteiger partial charge in [0.15, 0.2) is 0 Å². The van der Waals surface area contributed by atoms with Gasteiger partial charge in [-0.3, -0.25) is 9.69 Å². The van der Waals surface area contributed by atoms with E-state index in [2.05, 4.69) is 11.8 Å². The molecule has 4 atom stereocenters. The van der Waals surface area contributed by atoms with Gasteiger partial charge in [-0.15, -0.1) is 0 Å². The highest BCUT2D eigenvalue weighted by atomic mass is 32.2. The van der Waals surface area contributed by atoms with E-state index in [1.807, 2.05) is 0 Å². The highest BCUT2D eigenvalue weighted by Crippen LogP contribution is 2.33. The minimum atomic E-state index is -2.95. The number of carbonyl (C=O) groups excluding carboxylic acids is 1. The summed E-state index contributed by atoms with van der Waals surface area (Å²) in [6.07, 6.45) is 4.81. The van der Waals surface area contributed by atoms with Crippen molar-refractivity contribution in [2.75, 3.05) is 26.5 Å². The van der Waals surface area contributed by atoms with Crippen molar-refractivity contribution in [3.63, 3.8) is 0 Å². The molecule has 1 saturated heterocycles. The molecule has 6 heteroatoms. The SMILES string of the molecule is COC(=O)C1CN(C2CCCC(S(C)(=O)=O)C2)CC1C. The van der Waals surface area contributed by atoms with Crippen LogP contribution in [0, 0.1) is 11.8 Å². The fourth-order valence-electron chi connectivity index (χ4n) is 3.60.